The van der Waals surface area contributed by atoms with E-state index in [0.717, 1.165) is 0 Å². The molecule has 0 aromatic heterocycles. The van der Waals surface area contributed by atoms with Crippen LogP contribution in [0.2, 0.25) is 5.02 Å². The van der Waals surface area contributed by atoms with Crippen molar-refractivity contribution in [3.05, 3.63) is 58.1 Å². The Morgan fingerprint density at radius 1 is 1.22 bits per heavy atom. The summed E-state index contributed by atoms with van der Waals surface area (Å²) >= 11 is 6.18. The van der Waals surface area contributed by atoms with Crippen molar-refractivity contribution in [2.75, 3.05) is 6.61 Å². The van der Waals surface area contributed by atoms with E-state index < -0.39 is 5.97 Å². The molecule has 1 N–H and O–H groups in total. The van der Waals surface area contributed by atoms with Gasteiger partial charge in [0, 0.05) is 0 Å². The number of carbonyl (C=O) groups excluding carboxylic acids is 1. The van der Waals surface area contributed by atoms with Crippen LogP contribution in [0.5, 0.6) is 11.5 Å². The summed E-state index contributed by atoms with van der Waals surface area (Å²) in [5, 5.41) is 20.4. The zero-order valence-electron chi connectivity index (χ0n) is 12.5. The molecule has 0 amide bonds. The Labute approximate surface area is 139 Å². The minimum Gasteiger partial charge on any atom is -0.545 e. The van der Waals surface area contributed by atoms with E-state index in [9.17, 15) is 15.0 Å². The molecule has 0 aliphatic rings. The summed E-state index contributed by atoms with van der Waals surface area (Å²) in [6.07, 6.45) is 0. The van der Waals surface area contributed by atoms with Crippen molar-refractivity contribution in [1.29, 1.82) is 0 Å². The van der Waals surface area contributed by atoms with E-state index in [1.54, 1.807) is 24.3 Å². The van der Waals surface area contributed by atoms with Gasteiger partial charge in [-0.15, -0.1) is 0 Å². The Morgan fingerprint density at radius 2 is 2.00 bits per heavy atom. The first-order valence-electron chi connectivity index (χ1n) is 7.04. The van der Waals surface area contributed by atoms with Gasteiger partial charge in [0.05, 0.1) is 24.2 Å². The highest BCUT2D eigenvalue weighted by atomic mass is 35.5. The molecule has 2 aromatic rings. The molecule has 0 saturated heterocycles. The quantitative estimate of drug-likeness (QED) is 0.839. The molecule has 23 heavy (non-hydrogen) atoms. The molecule has 0 fully saturated rings. The van der Waals surface area contributed by atoms with E-state index in [4.69, 9.17) is 21.1 Å². The molecular weight excluding hydrogens is 320 g/mol. The second kappa shape index (κ2) is 7.85. The number of hydrogen-bond donors (Lipinski definition) is 1. The zero-order chi connectivity index (χ0) is 16.8. The average Bonchev–Trinajstić information content (AvgIpc) is 2.54. The molecule has 0 radical (unpaired) electrons. The van der Waals surface area contributed by atoms with Crippen molar-refractivity contribution in [2.24, 2.45) is 0 Å². The Kier molecular flexibility index (Phi) is 5.84. The van der Waals surface area contributed by atoms with Crippen LogP contribution < -0.4 is 14.6 Å². The highest BCUT2D eigenvalue weighted by molar-refractivity contribution is 6.32. The summed E-state index contributed by atoms with van der Waals surface area (Å²) in [6.45, 7) is 2.21. The predicted octanol–water partition coefficient (Wildman–Crippen LogP) is 2.17. The molecule has 0 unspecified atom stereocenters. The smallest absolute Gasteiger partial charge is 0.180 e. The molecule has 122 valence electrons. The fourth-order valence-corrected chi connectivity index (χ4v) is 2.35. The number of aliphatic hydroxyl groups is 1. The molecule has 0 atom stereocenters. The van der Waals surface area contributed by atoms with E-state index in [-0.39, 0.29) is 18.8 Å². The number of rotatable bonds is 7. The van der Waals surface area contributed by atoms with Gasteiger partial charge in [-0.25, -0.2) is 0 Å². The van der Waals surface area contributed by atoms with Gasteiger partial charge >= 0.3 is 0 Å². The fraction of sp³-hybridized carbons (Fsp3) is 0.235. The van der Waals surface area contributed by atoms with Crippen LogP contribution in [0.15, 0.2) is 36.4 Å². The van der Waals surface area contributed by atoms with Gasteiger partial charge in [0.15, 0.2) is 11.5 Å². The molecule has 0 saturated carbocycles. The van der Waals surface area contributed by atoms with E-state index in [1.807, 2.05) is 6.92 Å². The van der Waals surface area contributed by atoms with Gasteiger partial charge in [-0.1, -0.05) is 29.8 Å². The van der Waals surface area contributed by atoms with E-state index in [0.29, 0.717) is 34.3 Å². The first-order valence-corrected chi connectivity index (χ1v) is 7.42. The third-order valence-electron chi connectivity index (χ3n) is 3.10. The molecule has 2 aromatic carbocycles. The standard InChI is InChI=1S/C17H17ClO5/c1-2-22-15-8-12(9-19)7-14(18)16(15)23-10-11-4-3-5-13(6-11)17(20)21/h3-8,19H,2,9-10H2,1H3,(H,20,21)/p-1. The van der Waals surface area contributed by atoms with E-state index >= 15 is 0 Å². The van der Waals surface area contributed by atoms with Gasteiger partial charge in [0.2, 0.25) is 0 Å². The first-order chi connectivity index (χ1) is 11.0. The number of benzene rings is 2. The molecule has 5 nitrogen and oxygen atoms in total. The van der Waals surface area contributed by atoms with Gasteiger partial charge in [-0.05, 0) is 41.8 Å². The summed E-state index contributed by atoms with van der Waals surface area (Å²) in [6, 6.07) is 9.53. The van der Waals surface area contributed by atoms with Crippen molar-refractivity contribution < 1.29 is 24.5 Å². The van der Waals surface area contributed by atoms with Gasteiger partial charge < -0.3 is 24.5 Å². The summed E-state index contributed by atoms with van der Waals surface area (Å²) in [5.41, 5.74) is 1.36. The Balaban J connectivity index is 2.22. The number of halogens is 1. The van der Waals surface area contributed by atoms with Crippen LogP contribution in [0.25, 0.3) is 0 Å². The first kappa shape index (κ1) is 17.1. The minimum atomic E-state index is -1.24. The Hall–Kier alpha value is -2.24. The minimum absolute atomic E-state index is 0.0813. The number of hydrogen-bond acceptors (Lipinski definition) is 5. The molecule has 6 heteroatoms. The third kappa shape index (κ3) is 4.37. The van der Waals surface area contributed by atoms with Crippen LogP contribution in [0, 0.1) is 0 Å². The number of ether oxygens (including phenoxy) is 2. The number of carbonyl (C=O) groups is 1. The van der Waals surface area contributed by atoms with Crippen molar-refractivity contribution >= 4 is 17.6 Å². The second-order valence-electron chi connectivity index (χ2n) is 4.77. The van der Waals surface area contributed by atoms with Crippen LogP contribution in [-0.2, 0) is 13.2 Å². The highest BCUT2D eigenvalue weighted by Crippen LogP contribution is 2.37. The number of aliphatic hydroxyl groups excluding tert-OH is 1. The van der Waals surface area contributed by atoms with Crippen LogP contribution in [0.4, 0.5) is 0 Å². The van der Waals surface area contributed by atoms with Gasteiger partial charge in [-0.2, -0.15) is 0 Å². The van der Waals surface area contributed by atoms with Crippen molar-refractivity contribution in [1.82, 2.24) is 0 Å². The predicted molar refractivity (Wildman–Crippen MR) is 83.6 cm³/mol. The van der Waals surface area contributed by atoms with Crippen molar-refractivity contribution in [3.8, 4) is 11.5 Å². The maximum absolute atomic E-state index is 10.9. The lowest BCUT2D eigenvalue weighted by atomic mass is 10.1. The maximum atomic E-state index is 10.9. The van der Waals surface area contributed by atoms with Crippen LogP contribution in [0.3, 0.4) is 0 Å². The second-order valence-corrected chi connectivity index (χ2v) is 5.18. The molecule has 2 rings (SSSR count). The van der Waals surface area contributed by atoms with Crippen LogP contribution in [0.1, 0.15) is 28.4 Å². The van der Waals surface area contributed by atoms with E-state index in [1.165, 1.54) is 12.1 Å². The van der Waals surface area contributed by atoms with Crippen LogP contribution >= 0.6 is 11.6 Å². The number of carboxylic acid groups (broad SMARTS) is 1. The summed E-state index contributed by atoms with van der Waals surface area (Å²) in [5.74, 6) is -0.461. The van der Waals surface area contributed by atoms with Crippen molar-refractivity contribution in [2.45, 2.75) is 20.1 Å². The average molecular weight is 336 g/mol. The lowest BCUT2D eigenvalue weighted by Crippen LogP contribution is -2.22. The normalized spacial score (nSPS) is 10.4. The monoisotopic (exact) mass is 335 g/mol. The molecule has 0 bridgehead atoms. The summed E-state index contributed by atoms with van der Waals surface area (Å²) in [7, 11) is 0. The van der Waals surface area contributed by atoms with E-state index in [2.05, 4.69) is 0 Å². The number of carboxylic acids is 1. The topological polar surface area (TPSA) is 78.8 Å². The molecule has 0 heterocycles. The van der Waals surface area contributed by atoms with Gasteiger partial charge in [-0.3, -0.25) is 0 Å². The SMILES string of the molecule is CCOc1cc(CO)cc(Cl)c1OCc1cccc(C(=O)[O-])c1. The molecule has 0 aliphatic heterocycles. The highest BCUT2D eigenvalue weighted by Gasteiger charge is 2.13. The summed E-state index contributed by atoms with van der Waals surface area (Å²) in [4.78, 5) is 10.9. The zero-order valence-corrected chi connectivity index (χ0v) is 13.3. The summed E-state index contributed by atoms with van der Waals surface area (Å²) < 4.78 is 11.2. The Bertz CT molecular complexity index is 699. The molecular formula is C17H16ClO5-. The van der Waals surface area contributed by atoms with Gasteiger partial charge in [0.25, 0.3) is 0 Å². The lowest BCUT2D eigenvalue weighted by molar-refractivity contribution is -0.255. The fourth-order valence-electron chi connectivity index (χ4n) is 2.06. The Morgan fingerprint density at radius 3 is 2.65 bits per heavy atom. The largest absolute Gasteiger partial charge is 0.545 e. The maximum Gasteiger partial charge on any atom is 0.180 e. The number of aromatic carboxylic acids is 1. The third-order valence-corrected chi connectivity index (χ3v) is 3.38. The lowest BCUT2D eigenvalue weighted by Gasteiger charge is -2.15. The molecule has 0 aliphatic carbocycles. The van der Waals surface area contributed by atoms with Crippen molar-refractivity contribution in [3.63, 3.8) is 0 Å². The van der Waals surface area contributed by atoms with Gasteiger partial charge in [0.1, 0.15) is 6.61 Å². The van der Waals surface area contributed by atoms with Crippen LogP contribution in [-0.4, -0.2) is 17.7 Å². The molecule has 0 spiro atoms.